The van der Waals surface area contributed by atoms with Crippen LogP contribution in [0, 0.1) is 5.41 Å². The maximum absolute atomic E-state index is 5.62. The van der Waals surface area contributed by atoms with E-state index in [1.54, 1.807) is 0 Å². The van der Waals surface area contributed by atoms with Crippen molar-refractivity contribution >= 4 is 22.6 Å². The number of alkyl halides is 1. The molecular formula is C8H12IN. The number of hydrogen-bond donors (Lipinski definition) is 1. The molecule has 1 unspecified atom stereocenters. The van der Waals surface area contributed by atoms with Gasteiger partial charge in [-0.1, -0.05) is 42.5 Å². The number of nitrogens with two attached hydrogens (primary N) is 1. The fourth-order valence-corrected chi connectivity index (χ4v) is 1.47. The van der Waals surface area contributed by atoms with E-state index in [-0.39, 0.29) is 5.41 Å². The Balaban J connectivity index is 2.84. The summed E-state index contributed by atoms with van der Waals surface area (Å²) in [6.45, 7) is 4.42. The molecule has 0 aliphatic heterocycles. The molecule has 0 saturated heterocycles. The first-order chi connectivity index (χ1) is 4.52. The number of allylic oxidation sites excluding steroid dienone is 3. The fraction of sp³-hybridized carbons (Fsp3) is 0.500. The van der Waals surface area contributed by atoms with Crippen molar-refractivity contribution in [3.8, 4) is 0 Å². The number of halogens is 1. The van der Waals surface area contributed by atoms with Crippen molar-refractivity contribution < 1.29 is 0 Å². The lowest BCUT2D eigenvalue weighted by molar-refractivity contribution is 0.507. The second-order valence-electron chi connectivity index (χ2n) is 3.22. The average molecular weight is 249 g/mol. The van der Waals surface area contributed by atoms with Gasteiger partial charge in [0.25, 0.3) is 0 Å². The van der Waals surface area contributed by atoms with E-state index in [4.69, 9.17) is 5.73 Å². The summed E-state index contributed by atoms with van der Waals surface area (Å²) < 4.78 is 0.523. The average Bonchev–Trinajstić information content (AvgIpc) is 1.81. The second kappa shape index (κ2) is 2.57. The molecule has 1 atom stereocenters. The van der Waals surface area contributed by atoms with Crippen LogP contribution in [0.1, 0.15) is 13.8 Å². The molecule has 0 amide bonds. The molecule has 0 aromatic rings. The molecule has 0 fully saturated rings. The Kier molecular flexibility index (Phi) is 2.08. The monoisotopic (exact) mass is 249 g/mol. The standard InChI is InChI=1S/C8H12IN/c1-8(2)4-3-6(10)5-7(8)9/h3-5,7H,10H2,1-2H3. The molecule has 0 spiro atoms. The topological polar surface area (TPSA) is 26.0 Å². The lowest BCUT2D eigenvalue weighted by atomic mass is 9.85. The van der Waals surface area contributed by atoms with Crippen LogP contribution < -0.4 is 5.73 Å². The summed E-state index contributed by atoms with van der Waals surface area (Å²) in [7, 11) is 0. The van der Waals surface area contributed by atoms with E-state index >= 15 is 0 Å². The molecule has 56 valence electrons. The highest BCUT2D eigenvalue weighted by Gasteiger charge is 2.24. The van der Waals surface area contributed by atoms with Gasteiger partial charge >= 0.3 is 0 Å². The third-order valence-corrected chi connectivity index (χ3v) is 3.72. The minimum atomic E-state index is 0.267. The van der Waals surface area contributed by atoms with Gasteiger partial charge in [-0.2, -0.15) is 0 Å². The van der Waals surface area contributed by atoms with Gasteiger partial charge in [-0.25, -0.2) is 0 Å². The van der Waals surface area contributed by atoms with Crippen LogP contribution in [-0.2, 0) is 0 Å². The van der Waals surface area contributed by atoms with Gasteiger partial charge in [-0.05, 0) is 17.6 Å². The molecule has 10 heavy (non-hydrogen) atoms. The van der Waals surface area contributed by atoms with Crippen molar-refractivity contribution in [2.45, 2.75) is 17.8 Å². The third kappa shape index (κ3) is 1.54. The van der Waals surface area contributed by atoms with E-state index < -0.39 is 0 Å². The first kappa shape index (κ1) is 8.11. The van der Waals surface area contributed by atoms with E-state index in [0.717, 1.165) is 5.70 Å². The zero-order valence-corrected chi connectivity index (χ0v) is 8.42. The highest BCUT2D eigenvalue weighted by molar-refractivity contribution is 14.1. The summed E-state index contributed by atoms with van der Waals surface area (Å²) in [5.41, 5.74) is 6.77. The Labute approximate surface area is 75.5 Å². The summed E-state index contributed by atoms with van der Waals surface area (Å²) in [6, 6.07) is 0. The van der Waals surface area contributed by atoms with E-state index in [1.807, 2.05) is 6.08 Å². The van der Waals surface area contributed by atoms with Gasteiger partial charge in [0.05, 0.1) is 0 Å². The van der Waals surface area contributed by atoms with Crippen LogP contribution in [0.2, 0.25) is 0 Å². The quantitative estimate of drug-likeness (QED) is 0.517. The molecule has 0 aromatic heterocycles. The molecular weight excluding hydrogens is 237 g/mol. The van der Waals surface area contributed by atoms with Crippen LogP contribution in [-0.4, -0.2) is 3.92 Å². The molecule has 2 N–H and O–H groups in total. The van der Waals surface area contributed by atoms with Crippen molar-refractivity contribution in [1.82, 2.24) is 0 Å². The van der Waals surface area contributed by atoms with Gasteiger partial charge in [0.1, 0.15) is 0 Å². The van der Waals surface area contributed by atoms with Crippen LogP contribution in [0.5, 0.6) is 0 Å². The zero-order valence-electron chi connectivity index (χ0n) is 6.26. The summed E-state index contributed by atoms with van der Waals surface area (Å²) >= 11 is 2.41. The molecule has 0 radical (unpaired) electrons. The summed E-state index contributed by atoms with van der Waals surface area (Å²) in [5, 5.41) is 0. The Bertz CT molecular complexity index is 191. The number of hydrogen-bond acceptors (Lipinski definition) is 1. The lowest BCUT2D eigenvalue weighted by Gasteiger charge is -2.27. The van der Waals surface area contributed by atoms with Crippen LogP contribution >= 0.6 is 22.6 Å². The summed E-state index contributed by atoms with van der Waals surface area (Å²) in [5.74, 6) is 0. The SMILES string of the molecule is CC1(C)C=CC(N)=CC1I. The van der Waals surface area contributed by atoms with Crippen LogP contribution in [0.4, 0.5) is 0 Å². The smallest absolute Gasteiger partial charge is 0.0397 e. The Morgan fingerprint density at radius 1 is 1.60 bits per heavy atom. The Morgan fingerprint density at radius 3 is 2.60 bits per heavy atom. The molecule has 0 saturated carbocycles. The van der Waals surface area contributed by atoms with Gasteiger partial charge in [-0.3, -0.25) is 0 Å². The maximum Gasteiger partial charge on any atom is 0.0397 e. The molecule has 2 heteroatoms. The Morgan fingerprint density at radius 2 is 2.20 bits per heavy atom. The summed E-state index contributed by atoms with van der Waals surface area (Å²) in [4.78, 5) is 0. The van der Waals surface area contributed by atoms with E-state index in [0.29, 0.717) is 3.92 Å². The molecule has 0 heterocycles. The zero-order chi connectivity index (χ0) is 7.78. The highest BCUT2D eigenvalue weighted by atomic mass is 127. The molecule has 1 aliphatic rings. The van der Waals surface area contributed by atoms with E-state index in [1.165, 1.54) is 0 Å². The normalized spacial score (nSPS) is 29.9. The second-order valence-corrected chi connectivity index (χ2v) is 4.57. The third-order valence-electron chi connectivity index (χ3n) is 1.75. The first-order valence-electron chi connectivity index (χ1n) is 3.33. The lowest BCUT2D eigenvalue weighted by Crippen LogP contribution is -2.23. The molecule has 1 rings (SSSR count). The van der Waals surface area contributed by atoms with Crippen LogP contribution in [0.3, 0.4) is 0 Å². The van der Waals surface area contributed by atoms with Gasteiger partial charge in [0, 0.05) is 9.62 Å². The first-order valence-corrected chi connectivity index (χ1v) is 4.57. The fourth-order valence-electron chi connectivity index (χ4n) is 0.842. The highest BCUT2D eigenvalue weighted by Crippen LogP contribution is 2.33. The molecule has 0 aromatic carbocycles. The number of rotatable bonds is 0. The van der Waals surface area contributed by atoms with Crippen molar-refractivity contribution in [3.05, 3.63) is 23.9 Å². The molecule has 1 aliphatic carbocycles. The molecule has 1 nitrogen and oxygen atoms in total. The van der Waals surface area contributed by atoms with E-state index in [2.05, 4.69) is 48.6 Å². The van der Waals surface area contributed by atoms with Crippen molar-refractivity contribution in [1.29, 1.82) is 0 Å². The maximum atomic E-state index is 5.62. The van der Waals surface area contributed by atoms with Gasteiger partial charge in [0.2, 0.25) is 0 Å². The minimum absolute atomic E-state index is 0.267. The predicted molar refractivity (Wildman–Crippen MR) is 53.0 cm³/mol. The minimum Gasteiger partial charge on any atom is -0.399 e. The van der Waals surface area contributed by atoms with Crippen LogP contribution in [0.15, 0.2) is 23.9 Å². The van der Waals surface area contributed by atoms with Gasteiger partial charge < -0.3 is 5.73 Å². The van der Waals surface area contributed by atoms with Gasteiger partial charge in [0.15, 0.2) is 0 Å². The predicted octanol–water partition coefficient (Wildman–Crippen LogP) is 2.23. The summed E-state index contributed by atoms with van der Waals surface area (Å²) in [6.07, 6.45) is 6.25. The van der Waals surface area contributed by atoms with Crippen molar-refractivity contribution in [2.24, 2.45) is 11.1 Å². The van der Waals surface area contributed by atoms with Crippen molar-refractivity contribution in [2.75, 3.05) is 0 Å². The largest absolute Gasteiger partial charge is 0.399 e. The molecule has 0 bridgehead atoms. The van der Waals surface area contributed by atoms with Crippen molar-refractivity contribution in [3.63, 3.8) is 0 Å². The van der Waals surface area contributed by atoms with Gasteiger partial charge in [-0.15, -0.1) is 0 Å². The Hall–Kier alpha value is 0.01000. The van der Waals surface area contributed by atoms with Crippen LogP contribution in [0.25, 0.3) is 0 Å². The van der Waals surface area contributed by atoms with E-state index in [9.17, 15) is 0 Å².